The number of unbranched alkanes of at least 4 members (excludes halogenated alkanes) is 25. The minimum atomic E-state index is -0.821. The molecule has 2 aromatic carbocycles. The van der Waals surface area contributed by atoms with Gasteiger partial charge < -0.3 is 28.1 Å². The summed E-state index contributed by atoms with van der Waals surface area (Å²) in [4.78, 5) is 85.3. The molecule has 3 aromatic rings. The second kappa shape index (κ2) is 74.6. The summed E-state index contributed by atoms with van der Waals surface area (Å²) in [6, 6.07) is 7.22. The molecule has 0 aliphatic carbocycles. The van der Waals surface area contributed by atoms with Crippen molar-refractivity contribution in [2.45, 2.75) is 356 Å². The van der Waals surface area contributed by atoms with Crippen LogP contribution in [-0.2, 0) is 24.0 Å². The molecule has 0 amide bonds. The maximum Gasteiger partial charge on any atom is 0.311 e. The van der Waals surface area contributed by atoms with Crippen LogP contribution in [0, 0.1) is 0 Å². The van der Waals surface area contributed by atoms with Gasteiger partial charge in [-0.3, -0.25) is 28.8 Å². The second-order valence-electron chi connectivity index (χ2n) is 29.9. The first-order valence-electron chi connectivity index (χ1n) is 45.6. The summed E-state index contributed by atoms with van der Waals surface area (Å²) in [7, 11) is 0. The number of hydrogen-bond acceptors (Lipinski definition) is 12. The molecule has 3 rings (SSSR count). The van der Waals surface area contributed by atoms with Crippen LogP contribution < -0.4 is 29.1 Å². The van der Waals surface area contributed by atoms with Gasteiger partial charge in [-0.1, -0.05) is 313 Å². The second-order valence-corrected chi connectivity index (χ2v) is 29.9. The van der Waals surface area contributed by atoms with Crippen LogP contribution in [0.2, 0.25) is 0 Å². The Labute approximate surface area is 707 Å². The molecule has 0 saturated heterocycles. The Morgan fingerprint density at radius 2 is 0.521 bits per heavy atom. The number of esters is 5. The molecule has 0 atom stereocenters. The molecule has 12 nitrogen and oxygen atoms in total. The van der Waals surface area contributed by atoms with E-state index < -0.39 is 41.0 Å². The standard InChI is InChI=1S/C105H150O12/c1-6-11-16-21-26-31-36-41-46-51-56-61-66-71-76-81-97(106)112-92-89-95(115-100(109)84-79-74-69-64-59-54-49-44-39-34-29-24-19-14-9-4)102-96(90-92)116-104(105(103(102)111)117-101(110)85-80-75-70-65-60-55-50-45-40-35-30-25-20-15-10-5)91-86-87-93(113-98(107)82-77-72-67-62-57-52-47-42-37-32-27-22-17-12-7-2)94(88-91)114-99(108)83-78-73-68-63-58-53-48-43-38-33-28-23-18-13-8-3/h11-20,26-35,41-50,86-90H,6-10,21-25,36-40,51-85H2,1-5H3/b16-11-,17-12-,18-13-,19-14-,20-15-,31-26-,32-27-,33-28-,34-29-,35-30-,46-41-,47-42-,48-43-,49-44-,50-45-. The lowest BCUT2D eigenvalue weighted by Gasteiger charge is -2.16. The Bertz CT molecular complexity index is 3690. The van der Waals surface area contributed by atoms with E-state index in [1.165, 1.54) is 24.3 Å². The third-order valence-electron chi connectivity index (χ3n) is 19.4. The Morgan fingerprint density at radius 3 is 0.838 bits per heavy atom. The van der Waals surface area contributed by atoms with Crippen LogP contribution in [0.5, 0.6) is 28.7 Å². The lowest BCUT2D eigenvalue weighted by Crippen LogP contribution is -2.18. The highest BCUT2D eigenvalue weighted by Gasteiger charge is 2.27. The van der Waals surface area contributed by atoms with E-state index in [1.54, 1.807) is 6.07 Å². The van der Waals surface area contributed by atoms with Crippen LogP contribution in [-0.4, -0.2) is 29.8 Å². The Kier molecular flexibility index (Phi) is 65.2. The number of carbonyl (C=O) groups is 5. The van der Waals surface area contributed by atoms with Gasteiger partial charge in [0.05, 0.1) is 0 Å². The molecule has 0 unspecified atom stereocenters. The van der Waals surface area contributed by atoms with Crippen molar-refractivity contribution in [3.8, 4) is 40.1 Å². The lowest BCUT2D eigenvalue weighted by molar-refractivity contribution is -0.137. The number of benzene rings is 2. The van der Waals surface area contributed by atoms with Crippen LogP contribution >= 0.6 is 0 Å². The monoisotopic (exact) mass is 1600 g/mol. The van der Waals surface area contributed by atoms with E-state index in [0.717, 1.165) is 257 Å². The smallest absolute Gasteiger partial charge is 0.311 e. The van der Waals surface area contributed by atoms with E-state index in [4.69, 9.17) is 28.1 Å². The zero-order chi connectivity index (χ0) is 84.0. The molecular weight excluding hydrogens is 1450 g/mol. The maximum absolute atomic E-state index is 15.5. The molecule has 0 radical (unpaired) electrons. The van der Waals surface area contributed by atoms with Crippen molar-refractivity contribution in [1.82, 2.24) is 0 Å². The van der Waals surface area contributed by atoms with E-state index in [0.29, 0.717) is 32.1 Å². The molecule has 642 valence electrons. The first kappa shape index (κ1) is 102. The lowest BCUT2D eigenvalue weighted by atomic mass is 10.1. The van der Waals surface area contributed by atoms with Crippen molar-refractivity contribution < 1.29 is 52.1 Å². The minimum Gasteiger partial charge on any atom is -0.452 e. The number of fused-ring (bicyclic) bond motifs is 1. The SMILES string of the molecule is CC/C=C\C/C=C\C/C=C\CCCCCCCC(=O)Oc1cc(OC(=O)CCCCCCC/C=C\C/C=C\C/C=C\CC)c2c(=O)c(OC(=O)CCCCCCC/C=C\C/C=C\C/C=C\CC)c(-c3ccc(OC(=O)CCCCCCC/C=C\C/C=C\C/C=C\CC)c(OC(=O)CCCCCCC/C=C\C/C=C\C/C=C\CC)c3)oc2c1. The molecule has 0 spiro atoms. The highest BCUT2D eigenvalue weighted by atomic mass is 16.6. The van der Waals surface area contributed by atoms with Gasteiger partial charge >= 0.3 is 29.8 Å². The number of rotatable bonds is 71. The molecule has 0 aliphatic rings. The normalized spacial score (nSPS) is 12.5. The largest absolute Gasteiger partial charge is 0.452 e. The topological polar surface area (TPSA) is 162 Å². The zero-order valence-corrected chi connectivity index (χ0v) is 73.0. The van der Waals surface area contributed by atoms with E-state index in [2.05, 4.69) is 217 Å². The van der Waals surface area contributed by atoms with Crippen LogP contribution in [0.25, 0.3) is 22.3 Å². The van der Waals surface area contributed by atoms with Gasteiger partial charge in [0.1, 0.15) is 22.5 Å². The van der Waals surface area contributed by atoms with Gasteiger partial charge in [0.2, 0.25) is 11.2 Å². The van der Waals surface area contributed by atoms with Crippen molar-refractivity contribution in [3.63, 3.8) is 0 Å². The van der Waals surface area contributed by atoms with Gasteiger partial charge in [0.25, 0.3) is 0 Å². The molecule has 0 N–H and O–H groups in total. The molecular formula is C105H150O12. The quantitative estimate of drug-likeness (QED) is 0.0228. The number of hydrogen-bond donors (Lipinski definition) is 0. The van der Waals surface area contributed by atoms with Crippen molar-refractivity contribution in [2.24, 2.45) is 0 Å². The first-order chi connectivity index (χ1) is 57.5. The van der Waals surface area contributed by atoms with Gasteiger partial charge in [-0.15, -0.1) is 0 Å². The average Bonchev–Trinajstić information content (AvgIpc) is 0.753. The summed E-state index contributed by atoms with van der Waals surface area (Å²) < 4.78 is 37.2. The Morgan fingerprint density at radius 1 is 0.265 bits per heavy atom. The summed E-state index contributed by atoms with van der Waals surface area (Å²) in [6.07, 6.45) is 107. The predicted molar refractivity (Wildman–Crippen MR) is 492 cm³/mol. The molecule has 0 aliphatic heterocycles. The summed E-state index contributed by atoms with van der Waals surface area (Å²) in [5, 5.41) is -0.203. The number of ether oxygens (including phenoxy) is 5. The zero-order valence-electron chi connectivity index (χ0n) is 73.0. The summed E-state index contributed by atoms with van der Waals surface area (Å²) in [5.74, 6) is -3.90. The van der Waals surface area contributed by atoms with Crippen LogP contribution in [0.15, 0.2) is 222 Å². The predicted octanol–water partition coefficient (Wildman–Crippen LogP) is 30.9. The van der Waals surface area contributed by atoms with E-state index >= 15 is 4.79 Å². The van der Waals surface area contributed by atoms with Crippen molar-refractivity contribution >= 4 is 40.8 Å². The van der Waals surface area contributed by atoms with E-state index in [1.807, 2.05) is 0 Å². The molecule has 0 bridgehead atoms. The molecule has 1 aromatic heterocycles. The van der Waals surface area contributed by atoms with Crippen LogP contribution in [0.4, 0.5) is 0 Å². The van der Waals surface area contributed by atoms with Crippen LogP contribution in [0.1, 0.15) is 356 Å². The molecule has 117 heavy (non-hydrogen) atoms. The van der Waals surface area contributed by atoms with Crippen molar-refractivity contribution in [2.75, 3.05) is 0 Å². The van der Waals surface area contributed by atoms with Gasteiger partial charge in [0, 0.05) is 49.8 Å². The Balaban J connectivity index is 2.02. The van der Waals surface area contributed by atoms with Crippen molar-refractivity contribution in [1.29, 1.82) is 0 Å². The fraction of sp³-hybridized carbons (Fsp3) is 0.524. The average molecular weight is 1600 g/mol. The van der Waals surface area contributed by atoms with Crippen LogP contribution in [0.3, 0.4) is 0 Å². The summed E-state index contributed by atoms with van der Waals surface area (Å²) in [6.45, 7) is 10.7. The molecule has 0 fully saturated rings. The van der Waals surface area contributed by atoms with E-state index in [9.17, 15) is 24.0 Å². The summed E-state index contributed by atoms with van der Waals surface area (Å²) >= 11 is 0. The highest BCUT2D eigenvalue weighted by molar-refractivity contribution is 5.92. The van der Waals surface area contributed by atoms with Gasteiger partial charge in [-0.05, 0) is 211 Å². The highest BCUT2D eigenvalue weighted by Crippen LogP contribution is 2.41. The summed E-state index contributed by atoms with van der Waals surface area (Å²) in [5.41, 5.74) is -0.799. The maximum atomic E-state index is 15.5. The third kappa shape index (κ3) is 56.2. The van der Waals surface area contributed by atoms with Gasteiger partial charge in [0.15, 0.2) is 17.3 Å². The van der Waals surface area contributed by atoms with E-state index in [-0.39, 0.29) is 77.4 Å². The Hall–Kier alpha value is -8.90. The first-order valence-corrected chi connectivity index (χ1v) is 45.6. The number of carbonyl (C=O) groups excluding carboxylic acids is 5. The van der Waals surface area contributed by atoms with Crippen molar-refractivity contribution in [3.05, 3.63) is 223 Å². The molecule has 12 heteroatoms. The van der Waals surface area contributed by atoms with Gasteiger partial charge in [-0.2, -0.15) is 0 Å². The minimum absolute atomic E-state index is 0.0103. The number of allylic oxidation sites excluding steroid dienone is 30. The fourth-order valence-electron chi connectivity index (χ4n) is 12.8. The third-order valence-corrected chi connectivity index (χ3v) is 19.4. The fourth-order valence-corrected chi connectivity index (χ4v) is 12.8. The molecule has 1 heterocycles. The molecule has 0 saturated carbocycles. The van der Waals surface area contributed by atoms with Gasteiger partial charge in [-0.25, -0.2) is 0 Å².